The van der Waals surface area contributed by atoms with Gasteiger partial charge in [-0.2, -0.15) is 0 Å². The van der Waals surface area contributed by atoms with Crippen LogP contribution in [0.5, 0.6) is 17.4 Å². The molecular weight excluding hydrogens is 338 g/mol. The summed E-state index contributed by atoms with van der Waals surface area (Å²) in [5, 5.41) is 0. The minimum Gasteiger partial charge on any atom is -0.497 e. The molecule has 1 heterocycles. The number of hydrogen-bond acceptors (Lipinski definition) is 5. The van der Waals surface area contributed by atoms with Crippen LogP contribution in [0, 0.1) is 0 Å². The molecule has 2 aromatic rings. The molecule has 6 heteroatoms. The van der Waals surface area contributed by atoms with E-state index in [-0.39, 0.29) is 11.4 Å². The maximum Gasteiger partial charge on any atom is 0.343 e. The van der Waals surface area contributed by atoms with Crippen molar-refractivity contribution in [1.82, 2.24) is 4.98 Å². The van der Waals surface area contributed by atoms with Gasteiger partial charge in [-0.1, -0.05) is 0 Å². The fourth-order valence-corrected chi connectivity index (χ4v) is 2.07. The van der Waals surface area contributed by atoms with Crippen LogP contribution in [0.4, 0.5) is 0 Å². The Bertz CT molecular complexity index is 645. The van der Waals surface area contributed by atoms with Crippen LogP contribution in [0.1, 0.15) is 17.3 Å². The average Bonchev–Trinajstić information content (AvgIpc) is 2.50. The highest BCUT2D eigenvalue weighted by molar-refractivity contribution is 9.10. The number of carbonyl (C=O) groups excluding carboxylic acids is 1. The maximum absolute atomic E-state index is 11.9. The molecule has 0 aliphatic carbocycles. The molecule has 0 aliphatic heterocycles. The van der Waals surface area contributed by atoms with Gasteiger partial charge >= 0.3 is 5.97 Å². The van der Waals surface area contributed by atoms with Crippen molar-refractivity contribution in [1.29, 1.82) is 0 Å². The predicted octanol–water partition coefficient (Wildman–Crippen LogP) is 3.82. The molecule has 0 saturated heterocycles. The lowest BCUT2D eigenvalue weighted by Gasteiger charge is -2.11. The molecule has 0 unspecified atom stereocenters. The van der Waals surface area contributed by atoms with Crippen LogP contribution in [0.15, 0.2) is 41.0 Å². The average molecular weight is 352 g/mol. The van der Waals surface area contributed by atoms with Gasteiger partial charge in [0.25, 0.3) is 0 Å². The van der Waals surface area contributed by atoms with Crippen LogP contribution in [-0.2, 0) is 4.74 Å². The Morgan fingerprint density at radius 2 is 2.14 bits per heavy atom. The van der Waals surface area contributed by atoms with E-state index in [1.165, 1.54) is 0 Å². The standard InChI is InChI=1S/C15H14BrNO4/c1-3-20-15(18)11-5-4-8-17-14(11)21-13-7-6-10(19-2)9-12(13)16/h4-9H,3H2,1-2H3. The lowest BCUT2D eigenvalue weighted by Crippen LogP contribution is -2.07. The summed E-state index contributed by atoms with van der Waals surface area (Å²) in [5.41, 5.74) is 0.280. The Morgan fingerprint density at radius 3 is 2.81 bits per heavy atom. The van der Waals surface area contributed by atoms with Gasteiger partial charge < -0.3 is 14.2 Å². The second-order valence-corrected chi connectivity index (χ2v) is 4.83. The normalized spacial score (nSPS) is 10.0. The van der Waals surface area contributed by atoms with Crippen LogP contribution in [-0.4, -0.2) is 24.7 Å². The first kappa shape index (κ1) is 15.3. The molecule has 0 aliphatic rings. The first-order valence-corrected chi connectivity index (χ1v) is 7.08. The highest BCUT2D eigenvalue weighted by atomic mass is 79.9. The van der Waals surface area contributed by atoms with Crippen LogP contribution in [0.2, 0.25) is 0 Å². The SMILES string of the molecule is CCOC(=O)c1cccnc1Oc1ccc(OC)cc1Br. The number of ether oxygens (including phenoxy) is 3. The molecule has 0 bridgehead atoms. The Labute approximate surface area is 131 Å². The number of aromatic nitrogens is 1. The van der Waals surface area contributed by atoms with Crippen LogP contribution < -0.4 is 9.47 Å². The Morgan fingerprint density at radius 1 is 1.33 bits per heavy atom. The zero-order valence-corrected chi connectivity index (χ0v) is 13.2. The third-order valence-electron chi connectivity index (χ3n) is 2.61. The molecular formula is C15H14BrNO4. The zero-order valence-electron chi connectivity index (χ0n) is 11.6. The number of esters is 1. The Hall–Kier alpha value is -2.08. The van der Waals surface area contributed by atoms with Crippen molar-refractivity contribution in [2.75, 3.05) is 13.7 Å². The molecule has 5 nitrogen and oxygen atoms in total. The summed E-state index contributed by atoms with van der Waals surface area (Å²) in [4.78, 5) is 16.0. The molecule has 1 aromatic heterocycles. The summed E-state index contributed by atoms with van der Waals surface area (Å²) in [6.45, 7) is 2.04. The number of benzene rings is 1. The maximum atomic E-state index is 11.9. The number of hydrogen-bond donors (Lipinski definition) is 0. The molecule has 0 fully saturated rings. The fourth-order valence-electron chi connectivity index (χ4n) is 1.63. The number of methoxy groups -OCH3 is 1. The molecule has 0 N–H and O–H groups in total. The third-order valence-corrected chi connectivity index (χ3v) is 3.23. The van der Waals surface area contributed by atoms with Gasteiger partial charge in [0.05, 0.1) is 18.2 Å². The van der Waals surface area contributed by atoms with Gasteiger partial charge in [0.2, 0.25) is 5.88 Å². The van der Waals surface area contributed by atoms with Crippen molar-refractivity contribution in [3.05, 3.63) is 46.6 Å². The summed E-state index contributed by atoms with van der Waals surface area (Å²) in [5.74, 6) is 0.952. The van der Waals surface area contributed by atoms with Crippen molar-refractivity contribution in [3.63, 3.8) is 0 Å². The van der Waals surface area contributed by atoms with E-state index in [0.717, 1.165) is 0 Å². The topological polar surface area (TPSA) is 57.7 Å². The lowest BCUT2D eigenvalue weighted by atomic mass is 10.2. The lowest BCUT2D eigenvalue weighted by molar-refractivity contribution is 0.0522. The van der Waals surface area contributed by atoms with Gasteiger partial charge in [0.1, 0.15) is 17.1 Å². The van der Waals surface area contributed by atoms with Gasteiger partial charge in [-0.25, -0.2) is 9.78 Å². The van der Waals surface area contributed by atoms with Crippen molar-refractivity contribution in [3.8, 4) is 17.4 Å². The quantitative estimate of drug-likeness (QED) is 0.766. The summed E-state index contributed by atoms with van der Waals surface area (Å²) in [6, 6.07) is 8.52. The Balaban J connectivity index is 2.29. The third kappa shape index (κ3) is 3.72. The smallest absolute Gasteiger partial charge is 0.343 e. The second kappa shape index (κ2) is 7.08. The highest BCUT2D eigenvalue weighted by Crippen LogP contribution is 2.33. The van der Waals surface area contributed by atoms with E-state index in [4.69, 9.17) is 14.2 Å². The zero-order chi connectivity index (χ0) is 15.2. The van der Waals surface area contributed by atoms with Crippen molar-refractivity contribution < 1.29 is 19.0 Å². The van der Waals surface area contributed by atoms with Crippen LogP contribution in [0.25, 0.3) is 0 Å². The van der Waals surface area contributed by atoms with Gasteiger partial charge in [-0.05, 0) is 53.2 Å². The highest BCUT2D eigenvalue weighted by Gasteiger charge is 2.16. The van der Waals surface area contributed by atoms with E-state index in [9.17, 15) is 4.79 Å². The van der Waals surface area contributed by atoms with Gasteiger partial charge in [-0.3, -0.25) is 0 Å². The minimum absolute atomic E-state index is 0.196. The van der Waals surface area contributed by atoms with Crippen molar-refractivity contribution >= 4 is 21.9 Å². The van der Waals surface area contributed by atoms with E-state index in [0.29, 0.717) is 22.6 Å². The number of carbonyl (C=O) groups is 1. The molecule has 110 valence electrons. The largest absolute Gasteiger partial charge is 0.497 e. The van der Waals surface area contributed by atoms with Gasteiger partial charge in [0.15, 0.2) is 0 Å². The van der Waals surface area contributed by atoms with E-state index < -0.39 is 5.97 Å². The van der Waals surface area contributed by atoms with Gasteiger partial charge in [0, 0.05) is 6.20 Å². The molecule has 0 radical (unpaired) electrons. The molecule has 0 spiro atoms. The van der Waals surface area contributed by atoms with E-state index in [1.807, 2.05) is 0 Å². The number of pyridine rings is 1. The first-order chi connectivity index (χ1) is 10.2. The monoisotopic (exact) mass is 351 g/mol. The van der Waals surface area contributed by atoms with Crippen molar-refractivity contribution in [2.45, 2.75) is 6.92 Å². The van der Waals surface area contributed by atoms with Crippen LogP contribution in [0.3, 0.4) is 0 Å². The molecule has 21 heavy (non-hydrogen) atoms. The second-order valence-electron chi connectivity index (χ2n) is 3.97. The molecule has 1 aromatic carbocycles. The van der Waals surface area contributed by atoms with E-state index >= 15 is 0 Å². The van der Waals surface area contributed by atoms with E-state index in [2.05, 4.69) is 20.9 Å². The van der Waals surface area contributed by atoms with Gasteiger partial charge in [-0.15, -0.1) is 0 Å². The number of rotatable bonds is 5. The summed E-state index contributed by atoms with van der Waals surface area (Å²) in [6.07, 6.45) is 1.55. The first-order valence-electron chi connectivity index (χ1n) is 6.29. The molecule has 0 atom stereocenters. The summed E-state index contributed by atoms with van der Waals surface area (Å²) < 4.78 is 16.5. The van der Waals surface area contributed by atoms with Crippen LogP contribution >= 0.6 is 15.9 Å². The van der Waals surface area contributed by atoms with E-state index in [1.54, 1.807) is 50.6 Å². The molecule has 0 saturated carbocycles. The summed E-state index contributed by atoms with van der Waals surface area (Å²) >= 11 is 3.39. The molecule has 0 amide bonds. The Kier molecular flexibility index (Phi) is 5.16. The fraction of sp³-hybridized carbons (Fsp3) is 0.200. The predicted molar refractivity (Wildman–Crippen MR) is 81.0 cm³/mol. The molecule has 2 rings (SSSR count). The number of nitrogens with zero attached hydrogens (tertiary/aromatic N) is 1. The van der Waals surface area contributed by atoms with Crippen molar-refractivity contribution in [2.24, 2.45) is 0 Å². The number of halogens is 1. The minimum atomic E-state index is -0.467. The summed E-state index contributed by atoms with van der Waals surface area (Å²) in [7, 11) is 1.58.